The summed E-state index contributed by atoms with van der Waals surface area (Å²) in [4.78, 5) is 12.4. The van der Waals surface area contributed by atoms with Gasteiger partial charge in [0, 0.05) is 16.5 Å². The van der Waals surface area contributed by atoms with E-state index < -0.39 is 0 Å². The van der Waals surface area contributed by atoms with Crippen molar-refractivity contribution in [2.75, 3.05) is 7.11 Å². The number of hydrogen-bond acceptors (Lipinski definition) is 3. The van der Waals surface area contributed by atoms with Crippen LogP contribution in [0.5, 0.6) is 0 Å². The molecule has 0 amide bonds. The second-order valence-electron chi connectivity index (χ2n) is 9.42. The van der Waals surface area contributed by atoms with E-state index in [1.54, 1.807) is 12.1 Å². The molecular weight excluding hydrogens is 405 g/mol. The summed E-state index contributed by atoms with van der Waals surface area (Å²) in [6, 6.07) is 10.9. The van der Waals surface area contributed by atoms with Crippen molar-refractivity contribution in [1.29, 1.82) is 0 Å². The fourth-order valence-corrected chi connectivity index (χ4v) is 6.24. The molecule has 2 aromatic carbocycles. The van der Waals surface area contributed by atoms with Gasteiger partial charge in [0.05, 0.1) is 36.0 Å². The molecule has 3 saturated carbocycles. The Morgan fingerprint density at radius 2 is 2.00 bits per heavy atom. The zero-order valence-electron chi connectivity index (χ0n) is 18.1. The molecule has 1 atom stereocenters. The minimum absolute atomic E-state index is 0.0573. The number of rotatable bonds is 4. The standard InChI is InChI=1S/C26H24FN3O2/c1-14(2)24-23(26-10-16(11-26)20(12-26)25(31)32-3)19-9-21-15(13-28-29-21)8-22(19)30(24)18-6-4-17(27)5-7-18/h4-9,13,16,20H,1,10-12H2,2-3H3,(H,28,29). The van der Waals surface area contributed by atoms with Crippen LogP contribution in [-0.4, -0.2) is 27.8 Å². The van der Waals surface area contributed by atoms with Crippen molar-refractivity contribution in [3.63, 3.8) is 0 Å². The quantitative estimate of drug-likeness (QED) is 0.435. The normalized spacial score (nSPS) is 24.1. The topological polar surface area (TPSA) is 59.9 Å². The highest BCUT2D eigenvalue weighted by Crippen LogP contribution is 2.65. The number of nitrogens with one attached hydrogen (secondary N) is 1. The largest absolute Gasteiger partial charge is 0.469 e. The van der Waals surface area contributed by atoms with E-state index in [1.807, 2.05) is 13.1 Å². The smallest absolute Gasteiger partial charge is 0.308 e. The average molecular weight is 429 g/mol. The number of halogens is 1. The van der Waals surface area contributed by atoms with E-state index >= 15 is 0 Å². The van der Waals surface area contributed by atoms with E-state index in [0.717, 1.165) is 58.0 Å². The summed E-state index contributed by atoms with van der Waals surface area (Å²) in [5.41, 5.74) is 6.05. The zero-order valence-corrected chi connectivity index (χ0v) is 18.1. The fourth-order valence-electron chi connectivity index (χ4n) is 6.24. The van der Waals surface area contributed by atoms with Crippen LogP contribution in [0.15, 0.2) is 49.2 Å². The molecule has 7 rings (SSSR count). The van der Waals surface area contributed by atoms with Gasteiger partial charge < -0.3 is 9.30 Å². The SMILES string of the molecule is C=C(C)c1c(C23CC(C2)C(C(=O)OC)C3)c2cc3[nH]ncc3cc2n1-c1ccc(F)cc1. The Labute approximate surface area is 184 Å². The van der Waals surface area contributed by atoms with Crippen molar-refractivity contribution < 1.29 is 13.9 Å². The van der Waals surface area contributed by atoms with Crippen LogP contribution < -0.4 is 0 Å². The second-order valence-corrected chi connectivity index (χ2v) is 9.42. The van der Waals surface area contributed by atoms with Crippen molar-refractivity contribution in [2.45, 2.75) is 31.6 Å². The van der Waals surface area contributed by atoms with Crippen LogP contribution in [0.25, 0.3) is 33.1 Å². The predicted molar refractivity (Wildman–Crippen MR) is 122 cm³/mol. The number of aromatic amines is 1. The number of carbonyl (C=O) groups excluding carboxylic acids is 1. The van der Waals surface area contributed by atoms with Crippen LogP contribution in [0.1, 0.15) is 37.4 Å². The number of methoxy groups -OCH3 is 1. The molecule has 5 nitrogen and oxygen atoms in total. The average Bonchev–Trinajstić information content (AvgIpc) is 3.51. The molecule has 4 aromatic rings. The molecule has 6 heteroatoms. The summed E-state index contributed by atoms with van der Waals surface area (Å²) in [5, 5.41) is 9.45. The molecule has 1 unspecified atom stereocenters. The molecule has 0 saturated heterocycles. The Bertz CT molecular complexity index is 1410. The zero-order chi connectivity index (χ0) is 22.2. The van der Waals surface area contributed by atoms with Crippen molar-refractivity contribution >= 4 is 33.3 Å². The van der Waals surface area contributed by atoms with Crippen molar-refractivity contribution in [1.82, 2.24) is 14.8 Å². The minimum Gasteiger partial charge on any atom is -0.469 e. The first-order valence-electron chi connectivity index (χ1n) is 10.9. The molecule has 3 aliphatic rings. The van der Waals surface area contributed by atoms with Gasteiger partial charge in [-0.25, -0.2) is 4.39 Å². The van der Waals surface area contributed by atoms with Crippen LogP contribution in [0.2, 0.25) is 0 Å². The number of benzene rings is 2. The number of ether oxygens (including phenoxy) is 1. The van der Waals surface area contributed by atoms with Gasteiger partial charge in [-0.1, -0.05) is 6.58 Å². The Kier molecular flexibility index (Phi) is 3.95. The summed E-state index contributed by atoms with van der Waals surface area (Å²) in [5.74, 6) is -0.0697. The number of hydrogen-bond donors (Lipinski definition) is 1. The van der Waals surface area contributed by atoms with Gasteiger partial charge in [-0.2, -0.15) is 5.10 Å². The highest BCUT2D eigenvalue weighted by atomic mass is 19.1. The summed E-state index contributed by atoms with van der Waals surface area (Å²) in [6.45, 7) is 6.34. The van der Waals surface area contributed by atoms with E-state index in [1.165, 1.54) is 24.8 Å². The molecule has 3 fully saturated rings. The highest BCUT2D eigenvalue weighted by molar-refractivity contribution is 6.01. The lowest BCUT2D eigenvalue weighted by molar-refractivity contribution is -0.146. The first-order chi connectivity index (χ1) is 15.4. The third-order valence-corrected chi connectivity index (χ3v) is 7.54. The Morgan fingerprint density at radius 1 is 1.25 bits per heavy atom. The van der Waals surface area contributed by atoms with Gasteiger partial charge in [0.25, 0.3) is 0 Å². The molecule has 0 spiro atoms. The summed E-state index contributed by atoms with van der Waals surface area (Å²) in [7, 11) is 1.47. The molecule has 2 bridgehead atoms. The molecular formula is C26H24FN3O2. The summed E-state index contributed by atoms with van der Waals surface area (Å²) >= 11 is 0. The van der Waals surface area contributed by atoms with Gasteiger partial charge in [-0.15, -0.1) is 0 Å². The molecule has 1 N–H and O–H groups in total. The second kappa shape index (κ2) is 6.55. The summed E-state index contributed by atoms with van der Waals surface area (Å²) < 4.78 is 21.0. The van der Waals surface area contributed by atoms with Crippen LogP contribution >= 0.6 is 0 Å². The Morgan fingerprint density at radius 3 is 2.69 bits per heavy atom. The van der Waals surface area contributed by atoms with E-state index in [-0.39, 0.29) is 23.1 Å². The van der Waals surface area contributed by atoms with Gasteiger partial charge in [-0.3, -0.25) is 9.89 Å². The number of aromatic nitrogens is 3. The lowest BCUT2D eigenvalue weighted by Crippen LogP contribution is -2.33. The molecule has 3 aliphatic carbocycles. The van der Waals surface area contributed by atoms with Crippen molar-refractivity contribution in [2.24, 2.45) is 11.8 Å². The third kappa shape index (κ3) is 2.49. The Balaban J connectivity index is 1.66. The van der Waals surface area contributed by atoms with Gasteiger partial charge in [-0.05, 0) is 85.1 Å². The van der Waals surface area contributed by atoms with Gasteiger partial charge >= 0.3 is 5.97 Å². The van der Waals surface area contributed by atoms with Crippen LogP contribution in [0.3, 0.4) is 0 Å². The minimum atomic E-state index is -0.267. The first-order valence-corrected chi connectivity index (χ1v) is 10.9. The lowest BCUT2D eigenvalue weighted by Gasteiger charge is -2.39. The number of carbonyl (C=O) groups is 1. The number of H-pyrrole nitrogens is 1. The Hall–Kier alpha value is -3.41. The number of nitrogens with zero attached hydrogens (tertiary/aromatic N) is 2. The van der Waals surface area contributed by atoms with Crippen LogP contribution in [0.4, 0.5) is 4.39 Å². The number of allylic oxidation sites excluding steroid dienone is 1. The van der Waals surface area contributed by atoms with Crippen LogP contribution in [-0.2, 0) is 14.9 Å². The number of esters is 1. The summed E-state index contributed by atoms with van der Waals surface area (Å²) in [6.07, 6.45) is 4.54. The third-order valence-electron chi connectivity index (χ3n) is 7.54. The maximum Gasteiger partial charge on any atom is 0.308 e. The maximum absolute atomic E-state index is 13.7. The lowest BCUT2D eigenvalue weighted by atomic mass is 9.64. The van der Waals surface area contributed by atoms with Gasteiger partial charge in [0.2, 0.25) is 0 Å². The first kappa shape index (κ1) is 19.3. The number of fused-ring (bicyclic) bond motifs is 3. The molecule has 0 aliphatic heterocycles. The monoisotopic (exact) mass is 429 g/mol. The molecule has 2 aromatic heterocycles. The van der Waals surface area contributed by atoms with Gasteiger partial charge in [0.1, 0.15) is 5.82 Å². The van der Waals surface area contributed by atoms with E-state index in [0.29, 0.717) is 5.92 Å². The molecule has 0 radical (unpaired) electrons. The molecule has 162 valence electrons. The van der Waals surface area contributed by atoms with Gasteiger partial charge in [0.15, 0.2) is 0 Å². The van der Waals surface area contributed by atoms with Crippen LogP contribution in [0, 0.1) is 17.7 Å². The highest BCUT2D eigenvalue weighted by Gasteiger charge is 2.60. The predicted octanol–water partition coefficient (Wildman–Crippen LogP) is 5.52. The van der Waals surface area contributed by atoms with Crippen molar-refractivity contribution in [3.05, 3.63) is 66.2 Å². The molecule has 2 heterocycles. The van der Waals surface area contributed by atoms with E-state index in [9.17, 15) is 9.18 Å². The van der Waals surface area contributed by atoms with E-state index in [4.69, 9.17) is 4.74 Å². The van der Waals surface area contributed by atoms with E-state index in [2.05, 4.69) is 33.5 Å². The molecule has 32 heavy (non-hydrogen) atoms. The van der Waals surface area contributed by atoms with Crippen molar-refractivity contribution in [3.8, 4) is 5.69 Å². The maximum atomic E-state index is 13.7. The fraction of sp³-hybridized carbons (Fsp3) is 0.308.